The second-order valence-corrected chi connectivity index (χ2v) is 5.73. The van der Waals surface area contributed by atoms with E-state index in [1.165, 1.54) is 17.7 Å². The topological polar surface area (TPSA) is 38.1 Å². The predicted octanol–water partition coefficient (Wildman–Crippen LogP) is 1.78. The molecule has 0 spiro atoms. The number of hydrogen-bond acceptors (Lipinski definition) is 2. The van der Waals surface area contributed by atoms with Gasteiger partial charge in [0.15, 0.2) is 5.69 Å². The summed E-state index contributed by atoms with van der Waals surface area (Å²) in [6.45, 7) is 4.05. The van der Waals surface area contributed by atoms with Crippen LogP contribution in [0, 0.1) is 5.92 Å². The minimum absolute atomic E-state index is 0.153. The van der Waals surface area contributed by atoms with Gasteiger partial charge < -0.3 is 4.90 Å². The smallest absolute Gasteiger partial charge is 0.274 e. The molecule has 4 nitrogen and oxygen atoms in total. The molecule has 2 heterocycles. The maximum absolute atomic E-state index is 12.5. The molecule has 1 amide bonds. The van der Waals surface area contributed by atoms with Crippen molar-refractivity contribution in [1.29, 1.82) is 0 Å². The largest absolute Gasteiger partial charge is 0.337 e. The SMILES string of the molecule is CC1CCN(C(=O)c2nn(C)c3c2CCC3)CC1. The molecular weight excluding hydrogens is 226 g/mol. The molecule has 1 fully saturated rings. The lowest BCUT2D eigenvalue weighted by Crippen LogP contribution is -2.38. The average Bonchev–Trinajstić information content (AvgIpc) is 2.94. The zero-order chi connectivity index (χ0) is 12.7. The molecule has 1 aromatic rings. The van der Waals surface area contributed by atoms with Gasteiger partial charge >= 0.3 is 0 Å². The van der Waals surface area contributed by atoms with Gasteiger partial charge in [0.05, 0.1) is 0 Å². The summed E-state index contributed by atoms with van der Waals surface area (Å²) in [6, 6.07) is 0. The van der Waals surface area contributed by atoms with Crippen LogP contribution in [0.5, 0.6) is 0 Å². The van der Waals surface area contributed by atoms with E-state index < -0.39 is 0 Å². The summed E-state index contributed by atoms with van der Waals surface area (Å²) in [5, 5.41) is 4.45. The highest BCUT2D eigenvalue weighted by molar-refractivity contribution is 5.94. The Morgan fingerprint density at radius 2 is 2.00 bits per heavy atom. The monoisotopic (exact) mass is 247 g/mol. The van der Waals surface area contributed by atoms with E-state index in [9.17, 15) is 4.79 Å². The zero-order valence-electron chi connectivity index (χ0n) is 11.3. The maximum Gasteiger partial charge on any atom is 0.274 e. The molecule has 1 aliphatic carbocycles. The van der Waals surface area contributed by atoms with E-state index in [1.807, 2.05) is 16.6 Å². The molecule has 1 aliphatic heterocycles. The van der Waals surface area contributed by atoms with Crippen molar-refractivity contribution in [3.63, 3.8) is 0 Å². The Morgan fingerprint density at radius 3 is 2.72 bits per heavy atom. The number of carbonyl (C=O) groups is 1. The van der Waals surface area contributed by atoms with Gasteiger partial charge in [-0.2, -0.15) is 5.10 Å². The Morgan fingerprint density at radius 1 is 1.28 bits per heavy atom. The highest BCUT2D eigenvalue weighted by atomic mass is 16.2. The molecule has 1 aromatic heterocycles. The second-order valence-electron chi connectivity index (χ2n) is 5.73. The number of nitrogens with zero attached hydrogens (tertiary/aromatic N) is 3. The standard InChI is InChI=1S/C14H21N3O/c1-10-6-8-17(9-7-10)14(18)13-11-4-3-5-12(11)16(2)15-13/h10H,3-9H2,1-2H3. The van der Waals surface area contributed by atoms with E-state index in [-0.39, 0.29) is 5.91 Å². The molecule has 0 aromatic carbocycles. The van der Waals surface area contributed by atoms with Gasteiger partial charge in [-0.1, -0.05) is 6.92 Å². The average molecular weight is 247 g/mol. The van der Waals surface area contributed by atoms with Crippen molar-refractivity contribution in [2.24, 2.45) is 13.0 Å². The summed E-state index contributed by atoms with van der Waals surface area (Å²) in [7, 11) is 1.96. The van der Waals surface area contributed by atoms with E-state index in [2.05, 4.69) is 12.0 Å². The lowest BCUT2D eigenvalue weighted by molar-refractivity contribution is 0.0689. The van der Waals surface area contributed by atoms with Crippen molar-refractivity contribution in [2.45, 2.75) is 39.0 Å². The molecule has 0 radical (unpaired) electrons. The Bertz CT molecular complexity index is 470. The summed E-state index contributed by atoms with van der Waals surface area (Å²) in [5.41, 5.74) is 3.20. The van der Waals surface area contributed by atoms with Gasteiger partial charge in [0, 0.05) is 31.4 Å². The van der Waals surface area contributed by atoms with Crippen LogP contribution in [0.25, 0.3) is 0 Å². The van der Waals surface area contributed by atoms with Crippen LogP contribution in [0.15, 0.2) is 0 Å². The van der Waals surface area contributed by atoms with E-state index in [1.54, 1.807) is 0 Å². The van der Waals surface area contributed by atoms with Crippen LogP contribution >= 0.6 is 0 Å². The number of carbonyl (C=O) groups excluding carboxylic acids is 1. The van der Waals surface area contributed by atoms with E-state index >= 15 is 0 Å². The molecule has 18 heavy (non-hydrogen) atoms. The number of fused-ring (bicyclic) bond motifs is 1. The van der Waals surface area contributed by atoms with E-state index in [0.717, 1.165) is 50.4 Å². The first kappa shape index (κ1) is 11.8. The molecule has 0 saturated carbocycles. The van der Waals surface area contributed by atoms with Crippen molar-refractivity contribution < 1.29 is 4.79 Å². The highest BCUT2D eigenvalue weighted by Crippen LogP contribution is 2.26. The van der Waals surface area contributed by atoms with Crippen molar-refractivity contribution in [3.05, 3.63) is 17.0 Å². The van der Waals surface area contributed by atoms with Crippen molar-refractivity contribution in [3.8, 4) is 0 Å². The second kappa shape index (κ2) is 4.41. The van der Waals surface area contributed by atoms with Gasteiger partial charge in [-0.05, 0) is 38.0 Å². The summed E-state index contributed by atoms with van der Waals surface area (Å²) >= 11 is 0. The number of likely N-dealkylation sites (tertiary alicyclic amines) is 1. The van der Waals surface area contributed by atoms with Crippen molar-refractivity contribution >= 4 is 5.91 Å². The van der Waals surface area contributed by atoms with Crippen LogP contribution in [0.2, 0.25) is 0 Å². The minimum atomic E-state index is 0.153. The third-order valence-corrected chi connectivity index (χ3v) is 4.39. The number of amides is 1. The Balaban J connectivity index is 1.83. The number of rotatable bonds is 1. The summed E-state index contributed by atoms with van der Waals surface area (Å²) in [6.07, 6.45) is 5.51. The zero-order valence-corrected chi connectivity index (χ0v) is 11.3. The molecule has 98 valence electrons. The normalized spacial score (nSPS) is 20.2. The first-order chi connectivity index (χ1) is 8.66. The molecule has 4 heteroatoms. The Kier molecular flexibility index (Phi) is 2.88. The van der Waals surface area contributed by atoms with Crippen LogP contribution in [0.1, 0.15) is 47.9 Å². The number of hydrogen-bond donors (Lipinski definition) is 0. The van der Waals surface area contributed by atoms with Crippen LogP contribution in [-0.4, -0.2) is 33.7 Å². The van der Waals surface area contributed by atoms with Crippen molar-refractivity contribution in [1.82, 2.24) is 14.7 Å². The van der Waals surface area contributed by atoms with Crippen molar-refractivity contribution in [2.75, 3.05) is 13.1 Å². The van der Waals surface area contributed by atoms with Gasteiger partial charge in [0.25, 0.3) is 5.91 Å². The lowest BCUT2D eigenvalue weighted by atomic mass is 9.99. The molecule has 0 N–H and O–H groups in total. The fraction of sp³-hybridized carbons (Fsp3) is 0.714. The van der Waals surface area contributed by atoms with Crippen LogP contribution < -0.4 is 0 Å². The van der Waals surface area contributed by atoms with E-state index in [4.69, 9.17) is 0 Å². The molecule has 0 atom stereocenters. The quantitative estimate of drug-likeness (QED) is 0.758. The summed E-state index contributed by atoms with van der Waals surface area (Å²) in [5.74, 6) is 0.907. The minimum Gasteiger partial charge on any atom is -0.337 e. The molecular formula is C14H21N3O. The van der Waals surface area contributed by atoms with Gasteiger partial charge in [0.1, 0.15) is 0 Å². The van der Waals surface area contributed by atoms with E-state index in [0.29, 0.717) is 0 Å². The predicted molar refractivity (Wildman–Crippen MR) is 69.5 cm³/mol. The van der Waals surface area contributed by atoms with Gasteiger partial charge in [-0.3, -0.25) is 9.48 Å². The van der Waals surface area contributed by atoms with Gasteiger partial charge in [-0.25, -0.2) is 0 Å². The fourth-order valence-corrected chi connectivity index (χ4v) is 3.14. The molecule has 0 bridgehead atoms. The number of piperidine rings is 1. The third kappa shape index (κ3) is 1.84. The van der Waals surface area contributed by atoms with Crippen LogP contribution in [-0.2, 0) is 19.9 Å². The number of aryl methyl sites for hydroxylation is 1. The molecule has 1 saturated heterocycles. The third-order valence-electron chi connectivity index (χ3n) is 4.39. The summed E-state index contributed by atoms with van der Waals surface area (Å²) in [4.78, 5) is 14.5. The van der Waals surface area contributed by atoms with Crippen LogP contribution in [0.4, 0.5) is 0 Å². The first-order valence-corrected chi connectivity index (χ1v) is 7.01. The van der Waals surface area contributed by atoms with Gasteiger partial charge in [0.2, 0.25) is 0 Å². The Labute approximate surface area is 108 Å². The van der Waals surface area contributed by atoms with Gasteiger partial charge in [-0.15, -0.1) is 0 Å². The lowest BCUT2D eigenvalue weighted by Gasteiger charge is -2.29. The number of aromatic nitrogens is 2. The maximum atomic E-state index is 12.5. The fourth-order valence-electron chi connectivity index (χ4n) is 3.14. The molecule has 0 unspecified atom stereocenters. The molecule has 2 aliphatic rings. The Hall–Kier alpha value is -1.32. The first-order valence-electron chi connectivity index (χ1n) is 7.01. The summed E-state index contributed by atoms with van der Waals surface area (Å²) < 4.78 is 1.90. The highest BCUT2D eigenvalue weighted by Gasteiger charge is 2.29. The molecule has 3 rings (SSSR count). The van der Waals surface area contributed by atoms with Crippen LogP contribution in [0.3, 0.4) is 0 Å².